The fourth-order valence-electron chi connectivity index (χ4n) is 0.514. The smallest absolute Gasteiger partial charge is 0.106 e. The van der Waals surface area contributed by atoms with E-state index < -0.39 is 0 Å². The molecule has 0 N–H and O–H groups in total. The van der Waals surface area contributed by atoms with Crippen LogP contribution in [0.2, 0.25) is 0 Å². The highest BCUT2D eigenvalue weighted by Gasteiger charge is 1.93. The first kappa shape index (κ1) is 11.6. The molecule has 0 radical (unpaired) electrons. The molecule has 0 fully saturated rings. The summed E-state index contributed by atoms with van der Waals surface area (Å²) in [7, 11) is 1.66. The summed E-state index contributed by atoms with van der Waals surface area (Å²) in [5.41, 5.74) is 0. The molecule has 0 aliphatic heterocycles. The maximum absolute atomic E-state index is 5.24. The van der Waals surface area contributed by atoms with Gasteiger partial charge in [-0.05, 0) is 6.92 Å². The molecule has 11 heavy (non-hydrogen) atoms. The number of ether oxygens (including phenoxy) is 3. The van der Waals surface area contributed by atoms with Crippen LogP contribution in [0.1, 0.15) is 6.92 Å². The lowest BCUT2D eigenvalue weighted by atomic mass is 10.7. The largest absolute Gasteiger partial charge is 0.382 e. The third kappa shape index (κ3) is 10.6. The second kappa shape index (κ2) is 8.70. The molecule has 0 saturated heterocycles. The van der Waals surface area contributed by atoms with Crippen molar-refractivity contribution in [1.29, 1.82) is 0 Å². The molecule has 0 saturated carbocycles. The van der Waals surface area contributed by atoms with Crippen LogP contribution in [0, 0.1) is 0 Å². The highest BCUT2D eigenvalue weighted by atomic mass is 127. The van der Waals surface area contributed by atoms with Gasteiger partial charge in [0.15, 0.2) is 0 Å². The molecule has 0 amide bonds. The summed E-state index contributed by atoms with van der Waals surface area (Å²) in [4.78, 5) is 0. The van der Waals surface area contributed by atoms with E-state index in [-0.39, 0.29) is 4.11 Å². The van der Waals surface area contributed by atoms with Crippen LogP contribution in [0.4, 0.5) is 0 Å². The average molecular weight is 274 g/mol. The van der Waals surface area contributed by atoms with Crippen LogP contribution in [-0.2, 0) is 14.2 Å². The van der Waals surface area contributed by atoms with Gasteiger partial charge in [-0.2, -0.15) is 0 Å². The van der Waals surface area contributed by atoms with Crippen LogP contribution in [0.15, 0.2) is 0 Å². The number of alkyl halides is 1. The predicted octanol–water partition coefficient (Wildman–Crippen LogP) is 1.45. The molecule has 0 aliphatic rings. The lowest BCUT2D eigenvalue weighted by Gasteiger charge is -2.06. The minimum Gasteiger partial charge on any atom is -0.382 e. The number of hydrogen-bond donors (Lipinski definition) is 0. The molecule has 68 valence electrons. The Bertz CT molecular complexity index is 78.1. The van der Waals surface area contributed by atoms with Gasteiger partial charge >= 0.3 is 0 Å². The van der Waals surface area contributed by atoms with Crippen molar-refractivity contribution >= 4 is 22.6 Å². The van der Waals surface area contributed by atoms with E-state index >= 15 is 0 Å². The van der Waals surface area contributed by atoms with Crippen LogP contribution in [-0.4, -0.2) is 37.6 Å². The molecule has 4 heteroatoms. The summed E-state index contributed by atoms with van der Waals surface area (Å²) in [6.45, 7) is 4.61. The van der Waals surface area contributed by atoms with Crippen molar-refractivity contribution in [2.24, 2.45) is 0 Å². The highest BCUT2D eigenvalue weighted by Crippen LogP contribution is 1.98. The van der Waals surface area contributed by atoms with Crippen molar-refractivity contribution in [1.82, 2.24) is 0 Å². The van der Waals surface area contributed by atoms with Crippen molar-refractivity contribution in [3.05, 3.63) is 0 Å². The molecule has 0 bridgehead atoms. The molecule has 1 atom stereocenters. The van der Waals surface area contributed by atoms with Crippen LogP contribution in [0.3, 0.4) is 0 Å². The minimum atomic E-state index is 0.263. The summed E-state index contributed by atoms with van der Waals surface area (Å²) < 4.78 is 15.5. The molecular weight excluding hydrogens is 259 g/mol. The summed E-state index contributed by atoms with van der Waals surface area (Å²) in [6, 6.07) is 0. The molecule has 0 aromatic rings. The van der Waals surface area contributed by atoms with E-state index in [0.29, 0.717) is 26.4 Å². The van der Waals surface area contributed by atoms with Gasteiger partial charge in [-0.25, -0.2) is 0 Å². The molecule has 0 aromatic heterocycles. The van der Waals surface area contributed by atoms with Crippen LogP contribution >= 0.6 is 22.6 Å². The Morgan fingerprint density at radius 3 is 2.36 bits per heavy atom. The Hall–Kier alpha value is 0.610. The summed E-state index contributed by atoms with van der Waals surface area (Å²) in [6.07, 6.45) is 0. The van der Waals surface area contributed by atoms with E-state index in [0.717, 1.165) is 0 Å². The van der Waals surface area contributed by atoms with Gasteiger partial charge in [0.05, 0.1) is 26.4 Å². The van der Waals surface area contributed by atoms with Gasteiger partial charge in [-0.3, -0.25) is 0 Å². The highest BCUT2D eigenvalue weighted by molar-refractivity contribution is 14.1. The van der Waals surface area contributed by atoms with E-state index in [2.05, 4.69) is 22.6 Å². The maximum atomic E-state index is 5.24. The monoisotopic (exact) mass is 274 g/mol. The zero-order valence-corrected chi connectivity index (χ0v) is 9.17. The lowest BCUT2D eigenvalue weighted by molar-refractivity contribution is 0.0244. The van der Waals surface area contributed by atoms with E-state index in [9.17, 15) is 0 Å². The van der Waals surface area contributed by atoms with Crippen LogP contribution in [0.5, 0.6) is 0 Å². The first-order chi connectivity index (χ1) is 5.27. The van der Waals surface area contributed by atoms with Gasteiger partial charge < -0.3 is 14.2 Å². The van der Waals surface area contributed by atoms with Crippen molar-refractivity contribution < 1.29 is 14.2 Å². The molecule has 0 unspecified atom stereocenters. The molecule has 3 nitrogen and oxygen atoms in total. The summed E-state index contributed by atoms with van der Waals surface area (Å²) in [5.74, 6) is 0. The summed E-state index contributed by atoms with van der Waals surface area (Å²) >= 11 is 2.21. The van der Waals surface area contributed by atoms with Crippen molar-refractivity contribution in [2.45, 2.75) is 11.0 Å². The standard InChI is InChI=1S/C7H15IO3/c1-7(8)11-6-5-10-4-3-9-2/h7H,3-6H2,1-2H3/t7-/m1/s1. The zero-order valence-electron chi connectivity index (χ0n) is 7.01. The normalized spacial score (nSPS) is 13.4. The van der Waals surface area contributed by atoms with Gasteiger partial charge in [0.25, 0.3) is 0 Å². The van der Waals surface area contributed by atoms with Gasteiger partial charge in [0.1, 0.15) is 4.11 Å². The number of halogens is 1. The van der Waals surface area contributed by atoms with E-state index in [1.807, 2.05) is 6.92 Å². The average Bonchev–Trinajstić information content (AvgIpc) is 1.96. The molecule has 0 aliphatic carbocycles. The first-order valence-electron chi connectivity index (χ1n) is 3.59. The summed E-state index contributed by atoms with van der Waals surface area (Å²) in [5, 5.41) is 0. The quantitative estimate of drug-likeness (QED) is 0.399. The minimum absolute atomic E-state index is 0.263. The fraction of sp³-hybridized carbons (Fsp3) is 1.00. The molecule has 0 heterocycles. The second-order valence-electron chi connectivity index (χ2n) is 2.02. The fourth-order valence-corrected chi connectivity index (χ4v) is 0.768. The Morgan fingerprint density at radius 2 is 1.82 bits per heavy atom. The SMILES string of the molecule is COCCOCCO[C@H](C)I. The van der Waals surface area contributed by atoms with Crippen LogP contribution < -0.4 is 0 Å². The molecule has 0 rings (SSSR count). The Labute approximate surface area is 81.5 Å². The lowest BCUT2D eigenvalue weighted by Crippen LogP contribution is -2.10. The van der Waals surface area contributed by atoms with E-state index in [4.69, 9.17) is 14.2 Å². The number of hydrogen-bond acceptors (Lipinski definition) is 3. The Morgan fingerprint density at radius 1 is 1.18 bits per heavy atom. The number of methoxy groups -OCH3 is 1. The van der Waals surface area contributed by atoms with E-state index in [1.165, 1.54) is 0 Å². The van der Waals surface area contributed by atoms with Crippen LogP contribution in [0.25, 0.3) is 0 Å². The van der Waals surface area contributed by atoms with Crippen molar-refractivity contribution in [2.75, 3.05) is 33.5 Å². The number of rotatable bonds is 7. The van der Waals surface area contributed by atoms with Gasteiger partial charge in [0.2, 0.25) is 0 Å². The van der Waals surface area contributed by atoms with Gasteiger partial charge in [0, 0.05) is 7.11 Å². The molecule has 0 spiro atoms. The van der Waals surface area contributed by atoms with E-state index in [1.54, 1.807) is 7.11 Å². The topological polar surface area (TPSA) is 27.7 Å². The Kier molecular flexibility index (Phi) is 9.19. The van der Waals surface area contributed by atoms with Gasteiger partial charge in [-0.1, -0.05) is 22.6 Å². The molecular formula is C7H15IO3. The second-order valence-corrected chi connectivity index (χ2v) is 3.77. The predicted molar refractivity (Wildman–Crippen MR) is 52.1 cm³/mol. The zero-order chi connectivity index (χ0) is 8.53. The maximum Gasteiger partial charge on any atom is 0.106 e. The first-order valence-corrected chi connectivity index (χ1v) is 4.84. The van der Waals surface area contributed by atoms with Crippen molar-refractivity contribution in [3.63, 3.8) is 0 Å². The Balaban J connectivity index is 2.80. The van der Waals surface area contributed by atoms with Gasteiger partial charge in [-0.15, -0.1) is 0 Å². The van der Waals surface area contributed by atoms with Crippen molar-refractivity contribution in [3.8, 4) is 0 Å². The molecule has 0 aromatic carbocycles. The third-order valence-electron chi connectivity index (χ3n) is 1.01. The third-order valence-corrected chi connectivity index (χ3v) is 1.37.